The Morgan fingerprint density at radius 3 is 1.39 bits per heavy atom. The first-order valence-electron chi connectivity index (χ1n) is 26.6. The van der Waals surface area contributed by atoms with Crippen molar-refractivity contribution in [1.82, 2.24) is 34.1 Å². The summed E-state index contributed by atoms with van der Waals surface area (Å²) < 4.78 is 7.20. The van der Waals surface area contributed by atoms with Crippen molar-refractivity contribution in [1.29, 1.82) is 0 Å². The van der Waals surface area contributed by atoms with E-state index < -0.39 is 0 Å². The molecule has 5 aromatic rings. The summed E-state index contributed by atoms with van der Waals surface area (Å²) in [5.41, 5.74) is 11.9. The van der Waals surface area contributed by atoms with Gasteiger partial charge in [-0.05, 0) is 159 Å². The molecule has 3 aromatic carbocycles. The molecular formula is C58H85BrN10O. The van der Waals surface area contributed by atoms with Gasteiger partial charge in [0.25, 0.3) is 0 Å². The molecule has 0 bridgehead atoms. The summed E-state index contributed by atoms with van der Waals surface area (Å²) in [5.74, 6) is 6.41. The highest BCUT2D eigenvalue weighted by molar-refractivity contribution is 9.07. The van der Waals surface area contributed by atoms with Crippen molar-refractivity contribution in [2.24, 2.45) is 23.5 Å². The van der Waals surface area contributed by atoms with Crippen LogP contribution in [-0.2, 0) is 24.4 Å². The van der Waals surface area contributed by atoms with Crippen LogP contribution < -0.4 is 20.9 Å². The first-order valence-corrected chi connectivity index (χ1v) is 27.3. The lowest BCUT2D eigenvalue weighted by Crippen LogP contribution is -2.35. The molecule has 11 nitrogen and oxygen atoms in total. The Kier molecular flexibility index (Phi) is 24.5. The largest absolute Gasteiger partial charge is 0.381 e. The molecule has 0 aliphatic carbocycles. The molecule has 4 fully saturated rings. The third kappa shape index (κ3) is 20.8. The van der Waals surface area contributed by atoms with Crippen LogP contribution in [0.4, 0.5) is 11.6 Å². The molecule has 4 aliphatic heterocycles. The van der Waals surface area contributed by atoms with Crippen LogP contribution in [0, 0.1) is 45.4 Å². The van der Waals surface area contributed by atoms with E-state index >= 15 is 0 Å². The number of nitrogens with one attached hydrogen (secondary N) is 1. The molecule has 9 rings (SSSR count). The minimum absolute atomic E-state index is 0.802. The monoisotopic (exact) mass is 1020 g/mol. The summed E-state index contributed by atoms with van der Waals surface area (Å²) in [7, 11) is 0. The summed E-state index contributed by atoms with van der Waals surface area (Å²) in [5, 5.41) is 3.47. The number of hydrogen-bond donors (Lipinski definition) is 2. The van der Waals surface area contributed by atoms with Crippen LogP contribution in [0.5, 0.6) is 0 Å². The molecule has 12 heteroatoms. The molecule has 4 saturated heterocycles. The zero-order valence-corrected chi connectivity index (χ0v) is 44.8. The van der Waals surface area contributed by atoms with Gasteiger partial charge in [0.05, 0.1) is 0 Å². The second-order valence-electron chi connectivity index (χ2n) is 19.9. The number of nitrogens with two attached hydrogens (primary N) is 1. The Hall–Kier alpha value is -4.30. The van der Waals surface area contributed by atoms with E-state index in [4.69, 9.17) is 10.5 Å². The van der Waals surface area contributed by atoms with Gasteiger partial charge >= 0.3 is 0 Å². The number of piperidine rings is 3. The number of halogens is 1. The van der Waals surface area contributed by atoms with Gasteiger partial charge in [-0.2, -0.15) is 0 Å². The van der Waals surface area contributed by atoms with Gasteiger partial charge in [0.1, 0.15) is 23.3 Å². The van der Waals surface area contributed by atoms with Crippen molar-refractivity contribution < 1.29 is 4.74 Å². The lowest BCUT2D eigenvalue weighted by molar-refractivity contribution is 0.198. The number of anilines is 2. The van der Waals surface area contributed by atoms with Gasteiger partial charge in [0.2, 0.25) is 0 Å². The zero-order valence-electron chi connectivity index (χ0n) is 43.2. The van der Waals surface area contributed by atoms with Crippen LogP contribution in [0.1, 0.15) is 110 Å². The zero-order chi connectivity index (χ0) is 49.2. The number of benzene rings is 3. The average molecular weight is 1020 g/mol. The van der Waals surface area contributed by atoms with Crippen molar-refractivity contribution in [3.63, 3.8) is 0 Å². The number of rotatable bonds is 16. The molecule has 6 heterocycles. The quantitative estimate of drug-likeness (QED) is 0.0922. The van der Waals surface area contributed by atoms with Crippen molar-refractivity contribution in [2.75, 3.05) is 81.9 Å². The SMILES string of the molecule is C1CCOC1.Cc1cc(N2CCC(CCN(Br)Cc3ccccc3)CC2)nc(C)n1.Cc1cc(N2CCC(CCN)CC2)nc(C)n1.c1ccc(CN(CCC2CCNCC2)Cc2ccccc2)cc1. The van der Waals surface area contributed by atoms with E-state index in [1.807, 2.05) is 27.7 Å². The maximum Gasteiger partial charge on any atom is 0.132 e. The van der Waals surface area contributed by atoms with E-state index in [0.29, 0.717) is 0 Å². The molecule has 4 aliphatic rings. The van der Waals surface area contributed by atoms with Crippen LogP contribution in [-0.4, -0.2) is 101 Å². The highest BCUT2D eigenvalue weighted by atomic mass is 79.9. The van der Waals surface area contributed by atoms with Gasteiger partial charge in [-0.3, -0.25) is 4.90 Å². The van der Waals surface area contributed by atoms with Gasteiger partial charge in [0, 0.05) is 105 Å². The molecule has 0 atom stereocenters. The predicted octanol–water partition coefficient (Wildman–Crippen LogP) is 11.0. The minimum atomic E-state index is 0.802. The van der Waals surface area contributed by atoms with Gasteiger partial charge in [-0.1, -0.05) is 91.0 Å². The maximum atomic E-state index is 5.61. The first kappa shape index (κ1) is 55.0. The van der Waals surface area contributed by atoms with E-state index in [1.54, 1.807) is 0 Å². The van der Waals surface area contributed by atoms with Gasteiger partial charge < -0.3 is 25.6 Å². The second-order valence-corrected chi connectivity index (χ2v) is 20.9. The van der Waals surface area contributed by atoms with Crippen molar-refractivity contribution >= 4 is 27.8 Å². The van der Waals surface area contributed by atoms with Crippen LogP contribution in [0.2, 0.25) is 0 Å². The smallest absolute Gasteiger partial charge is 0.132 e. The third-order valence-corrected chi connectivity index (χ3v) is 14.6. The standard InChI is InChI=1S/C21H28N2.C20H27BrN4.C13H22N4.C4H8O/c1-3-7-20(8-4-1)17-23(18-21-9-5-2-6-10-21)16-13-19-11-14-22-15-12-19;1-16-14-20(23-17(2)22-16)24-11-8-18(9-12-24)10-13-25(21)15-19-6-4-3-5-7-19;1-10-9-13(16-11(2)15-10)17-7-4-12(3-6-14)5-8-17;1-2-4-5-3-1/h1-10,19,22H,11-18H2;3-7,14,18H,8-13,15H2,1-2H3;9,12H,3-8,14H2,1-2H3;1-4H2. The highest BCUT2D eigenvalue weighted by Gasteiger charge is 2.22. The maximum absolute atomic E-state index is 5.61. The number of aromatic nitrogens is 4. The molecule has 2 aromatic heterocycles. The van der Waals surface area contributed by atoms with E-state index in [1.165, 1.54) is 101 Å². The lowest BCUT2D eigenvalue weighted by Gasteiger charge is -2.33. The average Bonchev–Trinajstić information content (AvgIpc) is 3.98. The summed E-state index contributed by atoms with van der Waals surface area (Å²) in [4.78, 5) is 25.2. The molecule has 0 radical (unpaired) electrons. The Bertz CT molecular complexity index is 2050. The van der Waals surface area contributed by atoms with E-state index in [2.05, 4.69) is 163 Å². The summed E-state index contributed by atoms with van der Waals surface area (Å²) in [6.45, 7) is 22.9. The fourth-order valence-electron chi connectivity index (χ4n) is 9.98. The molecular weight excluding hydrogens is 933 g/mol. The van der Waals surface area contributed by atoms with Crippen LogP contribution in [0.3, 0.4) is 0 Å². The highest BCUT2D eigenvalue weighted by Crippen LogP contribution is 2.27. The fraction of sp³-hybridized carbons (Fsp3) is 0.552. The summed E-state index contributed by atoms with van der Waals surface area (Å²) in [6.07, 6.45) is 13.9. The van der Waals surface area contributed by atoms with Crippen molar-refractivity contribution in [3.8, 4) is 0 Å². The molecule has 0 unspecified atom stereocenters. The molecule has 0 amide bonds. The second kappa shape index (κ2) is 31.2. The van der Waals surface area contributed by atoms with E-state index in [9.17, 15) is 0 Å². The number of ether oxygens (including phenoxy) is 1. The molecule has 3 N–H and O–H groups in total. The third-order valence-electron chi connectivity index (χ3n) is 14.0. The number of nitrogens with zero attached hydrogens (tertiary/aromatic N) is 8. The first-order chi connectivity index (χ1) is 34.2. The van der Waals surface area contributed by atoms with E-state index in [0.717, 1.165) is 131 Å². The molecule has 70 heavy (non-hydrogen) atoms. The Balaban J connectivity index is 0.000000166. The van der Waals surface area contributed by atoms with Crippen LogP contribution in [0.15, 0.2) is 103 Å². The minimum Gasteiger partial charge on any atom is -0.381 e. The molecule has 380 valence electrons. The Labute approximate surface area is 430 Å². The van der Waals surface area contributed by atoms with Gasteiger partial charge in [-0.15, -0.1) is 0 Å². The summed E-state index contributed by atoms with van der Waals surface area (Å²) in [6, 6.07) is 36.5. The topological polar surface area (TPSA) is 112 Å². The van der Waals surface area contributed by atoms with Crippen LogP contribution in [0.25, 0.3) is 0 Å². The van der Waals surface area contributed by atoms with E-state index in [-0.39, 0.29) is 0 Å². The van der Waals surface area contributed by atoms with Crippen molar-refractivity contribution in [3.05, 3.63) is 143 Å². The predicted molar refractivity (Wildman–Crippen MR) is 294 cm³/mol. The van der Waals surface area contributed by atoms with Gasteiger partial charge in [0.15, 0.2) is 0 Å². The molecule has 0 spiro atoms. The lowest BCUT2D eigenvalue weighted by atomic mass is 9.93. The fourth-order valence-corrected chi connectivity index (χ4v) is 10.5. The summed E-state index contributed by atoms with van der Waals surface area (Å²) >= 11 is 3.71. The Morgan fingerprint density at radius 1 is 0.557 bits per heavy atom. The normalized spacial score (nSPS) is 16.8. The Morgan fingerprint density at radius 2 is 0.971 bits per heavy atom. The van der Waals surface area contributed by atoms with Crippen LogP contribution >= 0.6 is 16.1 Å². The number of aryl methyl sites for hydroxylation is 4. The molecule has 0 saturated carbocycles. The number of hydrogen-bond acceptors (Lipinski definition) is 11. The van der Waals surface area contributed by atoms with Crippen molar-refractivity contribution in [2.45, 2.75) is 118 Å². The van der Waals surface area contributed by atoms with Gasteiger partial charge in [-0.25, -0.2) is 23.9 Å².